The van der Waals surface area contributed by atoms with Crippen LogP contribution in [0.5, 0.6) is 0 Å². The topological polar surface area (TPSA) is 140 Å². The normalized spacial score (nSPS) is 14.1. The van der Waals surface area contributed by atoms with Gasteiger partial charge in [-0.3, -0.25) is 14.1 Å². The third-order valence-electron chi connectivity index (χ3n) is 9.45. The Labute approximate surface area is 329 Å². The number of hydrogen-bond donors (Lipinski definition) is 3. The molecule has 0 bridgehead atoms. The van der Waals surface area contributed by atoms with E-state index >= 15 is 0 Å². The Kier molecular flexibility index (Phi) is 36.4. The van der Waals surface area contributed by atoms with E-state index in [0.717, 1.165) is 50.9 Å². The van der Waals surface area contributed by atoms with E-state index in [9.17, 15) is 19.3 Å². The predicted molar refractivity (Wildman–Crippen MR) is 222 cm³/mol. The molecule has 0 aromatic carbocycles. The minimum Gasteiger partial charge on any atom is -0.462 e. The van der Waals surface area contributed by atoms with E-state index in [1.807, 2.05) is 18.2 Å². The Morgan fingerprint density at radius 3 is 1.61 bits per heavy atom. The van der Waals surface area contributed by atoms with Crippen LogP contribution in [0, 0.1) is 5.92 Å². The van der Waals surface area contributed by atoms with Crippen LogP contribution in [-0.4, -0.2) is 52.3 Å². The minimum atomic E-state index is -4.78. The Balaban J connectivity index is 4.01. The van der Waals surface area contributed by atoms with Crippen LogP contribution in [0.1, 0.15) is 188 Å². The molecule has 0 fully saturated rings. The minimum absolute atomic E-state index is 0.121. The van der Waals surface area contributed by atoms with Crippen LogP contribution in [0.4, 0.5) is 0 Å². The lowest BCUT2D eigenvalue weighted by Gasteiger charge is -2.18. The van der Waals surface area contributed by atoms with Crippen molar-refractivity contribution in [3.8, 4) is 0 Å². The van der Waals surface area contributed by atoms with Crippen molar-refractivity contribution < 1.29 is 43.0 Å². The summed E-state index contributed by atoms with van der Waals surface area (Å²) in [6.45, 7) is 5.82. The molecule has 3 N–H and O–H groups in total. The largest absolute Gasteiger partial charge is 0.469 e. The van der Waals surface area contributed by atoms with E-state index in [2.05, 4.69) is 55.7 Å². The lowest BCUT2D eigenvalue weighted by atomic mass is 9.99. The molecule has 0 amide bonds. The van der Waals surface area contributed by atoms with Crippen molar-refractivity contribution in [1.29, 1.82) is 0 Å². The molecule has 0 radical (unpaired) electrons. The quantitative estimate of drug-likeness (QED) is 0.0242. The molecule has 9 nitrogen and oxygen atoms in total. The van der Waals surface area contributed by atoms with Gasteiger partial charge in [0.2, 0.25) is 0 Å². The highest BCUT2D eigenvalue weighted by Crippen LogP contribution is 2.36. The number of carbonyl (C=O) groups excluding carboxylic acids is 2. The third-order valence-corrected chi connectivity index (χ3v) is 9.93. The van der Waals surface area contributed by atoms with Gasteiger partial charge in [-0.25, -0.2) is 4.57 Å². The monoisotopic (exact) mass is 783 g/mol. The average molecular weight is 783 g/mol. The number of aliphatic hydroxyl groups is 1. The van der Waals surface area contributed by atoms with Crippen molar-refractivity contribution in [2.24, 2.45) is 5.92 Å². The second-order valence-electron chi connectivity index (χ2n) is 14.7. The smallest absolute Gasteiger partial charge is 0.462 e. The van der Waals surface area contributed by atoms with E-state index in [1.54, 1.807) is 0 Å². The van der Waals surface area contributed by atoms with Gasteiger partial charge in [0.05, 0.1) is 12.7 Å². The predicted octanol–water partition coefficient (Wildman–Crippen LogP) is 12.0. The maximum Gasteiger partial charge on any atom is 0.469 e. The molecule has 10 heteroatoms. The fourth-order valence-electron chi connectivity index (χ4n) is 5.89. The standard InChI is InChI=1S/C44H79O9P/c1-4-33-41(45)35-30-26-22-18-14-10-8-12-16-20-24-28-32-37-44(47)53-42(39-52-54(48,49)50)38-51-43(46)36-31-27-23-19-15-11-7-6-9-13-17-21-25-29-34-40(3)5-2/h8,12,14,18,20,24,26,30,40-42,45H,4-7,9-11,13,15-17,19,21-23,25,27-29,31-39H2,1-3H3,(H2,48,49,50)/b12-8-,18-14-,24-20-,30-26-/t40?,41?,42-/m1/s1. The van der Waals surface area contributed by atoms with E-state index in [4.69, 9.17) is 19.3 Å². The number of unbranched alkanes of at least 4 members (excludes halogenated alkanes) is 14. The average Bonchev–Trinajstić information content (AvgIpc) is 3.13. The number of rotatable bonds is 38. The lowest BCUT2D eigenvalue weighted by Crippen LogP contribution is -2.29. The van der Waals surface area contributed by atoms with Gasteiger partial charge in [0.15, 0.2) is 6.10 Å². The Morgan fingerprint density at radius 1 is 0.611 bits per heavy atom. The van der Waals surface area contributed by atoms with Crippen LogP contribution < -0.4 is 0 Å². The number of allylic oxidation sites excluding steroid dienone is 7. The number of phosphoric ester groups is 1. The Hall–Kier alpha value is -2.03. The van der Waals surface area contributed by atoms with Gasteiger partial charge in [-0.1, -0.05) is 172 Å². The van der Waals surface area contributed by atoms with Crippen molar-refractivity contribution in [3.05, 3.63) is 48.6 Å². The van der Waals surface area contributed by atoms with E-state index < -0.39 is 32.5 Å². The van der Waals surface area contributed by atoms with Crippen molar-refractivity contribution in [2.75, 3.05) is 13.2 Å². The van der Waals surface area contributed by atoms with Crippen molar-refractivity contribution in [1.82, 2.24) is 0 Å². The molecule has 0 aliphatic heterocycles. The highest BCUT2D eigenvalue weighted by atomic mass is 31.2. The molecule has 0 aromatic heterocycles. The van der Waals surface area contributed by atoms with Gasteiger partial charge >= 0.3 is 19.8 Å². The molecule has 0 aliphatic rings. The number of carbonyl (C=O) groups is 2. The summed E-state index contributed by atoms with van der Waals surface area (Å²) in [4.78, 5) is 42.8. The fourth-order valence-corrected chi connectivity index (χ4v) is 6.25. The highest BCUT2D eigenvalue weighted by Gasteiger charge is 2.22. The summed E-state index contributed by atoms with van der Waals surface area (Å²) in [6.07, 6.45) is 41.8. The van der Waals surface area contributed by atoms with Crippen molar-refractivity contribution in [2.45, 2.75) is 200 Å². The second-order valence-corrected chi connectivity index (χ2v) is 16.0. The molecule has 0 spiro atoms. The van der Waals surface area contributed by atoms with Crippen LogP contribution >= 0.6 is 7.82 Å². The van der Waals surface area contributed by atoms with Crippen molar-refractivity contribution in [3.63, 3.8) is 0 Å². The molecule has 0 saturated heterocycles. The Bertz CT molecular complexity index is 1050. The van der Waals surface area contributed by atoms with E-state index in [-0.39, 0.29) is 25.6 Å². The van der Waals surface area contributed by atoms with Gasteiger partial charge in [-0.2, -0.15) is 0 Å². The second kappa shape index (κ2) is 37.9. The summed E-state index contributed by atoms with van der Waals surface area (Å²) in [5.41, 5.74) is 0. The summed E-state index contributed by atoms with van der Waals surface area (Å²) >= 11 is 0. The van der Waals surface area contributed by atoms with E-state index in [1.165, 1.54) is 83.5 Å². The zero-order valence-electron chi connectivity index (χ0n) is 34.4. The SMILES string of the molecule is CCCC(O)C/C=C\C/C=C\C/C=C\C/C=C\CCCC(=O)O[C@H](COC(=O)CCCCCCCCCCCCCCCCC(C)CC)COP(=O)(O)O. The molecule has 314 valence electrons. The Morgan fingerprint density at radius 2 is 1.09 bits per heavy atom. The zero-order chi connectivity index (χ0) is 40.0. The first-order valence-electron chi connectivity index (χ1n) is 21.4. The van der Waals surface area contributed by atoms with Crippen LogP contribution in [0.25, 0.3) is 0 Å². The van der Waals surface area contributed by atoms with Crippen LogP contribution in [-0.2, 0) is 28.2 Å². The summed E-state index contributed by atoms with van der Waals surface area (Å²) in [7, 11) is -4.78. The first-order chi connectivity index (χ1) is 26.1. The summed E-state index contributed by atoms with van der Waals surface area (Å²) < 4.78 is 26.3. The summed E-state index contributed by atoms with van der Waals surface area (Å²) in [5, 5.41) is 9.71. The molecule has 2 unspecified atom stereocenters. The molecule has 3 atom stereocenters. The number of hydrogen-bond acceptors (Lipinski definition) is 7. The number of phosphoric acid groups is 1. The molecule has 0 aliphatic carbocycles. The van der Waals surface area contributed by atoms with Gasteiger partial charge in [-0.15, -0.1) is 0 Å². The molecule has 0 rings (SSSR count). The summed E-state index contributed by atoms with van der Waals surface area (Å²) in [5.74, 6) is -0.0904. The van der Waals surface area contributed by atoms with Gasteiger partial charge < -0.3 is 24.4 Å². The third kappa shape index (κ3) is 39.7. The van der Waals surface area contributed by atoms with Crippen LogP contribution in [0.15, 0.2) is 48.6 Å². The number of esters is 2. The molecular weight excluding hydrogens is 703 g/mol. The fraction of sp³-hybridized carbons (Fsp3) is 0.773. The summed E-state index contributed by atoms with van der Waals surface area (Å²) in [6, 6.07) is 0. The molecule has 54 heavy (non-hydrogen) atoms. The highest BCUT2D eigenvalue weighted by molar-refractivity contribution is 7.46. The lowest BCUT2D eigenvalue weighted by molar-refractivity contribution is -0.161. The van der Waals surface area contributed by atoms with Gasteiger partial charge in [0, 0.05) is 12.8 Å². The first kappa shape index (κ1) is 52.0. The molecular formula is C44H79O9P. The molecule has 0 heterocycles. The first-order valence-corrected chi connectivity index (χ1v) is 22.9. The van der Waals surface area contributed by atoms with Crippen molar-refractivity contribution >= 4 is 19.8 Å². The molecule has 0 aromatic rings. The van der Waals surface area contributed by atoms with Gasteiger partial charge in [-0.05, 0) is 57.3 Å². The van der Waals surface area contributed by atoms with E-state index in [0.29, 0.717) is 25.7 Å². The number of aliphatic hydroxyl groups excluding tert-OH is 1. The maximum atomic E-state index is 12.4. The van der Waals surface area contributed by atoms with Crippen LogP contribution in [0.3, 0.4) is 0 Å². The molecule has 0 saturated carbocycles. The van der Waals surface area contributed by atoms with Gasteiger partial charge in [0.1, 0.15) is 6.61 Å². The van der Waals surface area contributed by atoms with Gasteiger partial charge in [0.25, 0.3) is 0 Å². The zero-order valence-corrected chi connectivity index (χ0v) is 35.3. The maximum absolute atomic E-state index is 12.4. The number of ether oxygens (including phenoxy) is 2. The van der Waals surface area contributed by atoms with Crippen LogP contribution in [0.2, 0.25) is 0 Å².